The van der Waals surface area contributed by atoms with E-state index in [0.717, 1.165) is 19.3 Å². The molecule has 132 valence electrons. The minimum atomic E-state index is -0.639. The van der Waals surface area contributed by atoms with Crippen LogP contribution in [0.1, 0.15) is 47.3 Å². The van der Waals surface area contributed by atoms with Crippen molar-refractivity contribution in [2.75, 3.05) is 13.2 Å². The van der Waals surface area contributed by atoms with E-state index in [1.165, 1.54) is 21.8 Å². The second kappa shape index (κ2) is 8.28. The third-order valence-corrected chi connectivity index (χ3v) is 5.01. The zero-order valence-corrected chi connectivity index (χ0v) is 15.1. The van der Waals surface area contributed by atoms with Gasteiger partial charge in [0, 0.05) is 11.4 Å². The largest absolute Gasteiger partial charge is 0.451 e. The summed E-state index contributed by atoms with van der Waals surface area (Å²) in [5.74, 6) is -0.235. The molecule has 24 heavy (non-hydrogen) atoms. The molecule has 1 aromatic rings. The first-order chi connectivity index (χ1) is 11.3. The Kier molecular flexibility index (Phi) is 6.36. The van der Waals surface area contributed by atoms with Crippen molar-refractivity contribution in [1.82, 2.24) is 10.6 Å². The number of thiophene rings is 1. The lowest BCUT2D eigenvalue weighted by atomic mass is 9.90. The van der Waals surface area contributed by atoms with Gasteiger partial charge in [0.15, 0.2) is 6.61 Å². The minimum Gasteiger partial charge on any atom is -0.451 e. The smallest absolute Gasteiger partial charge is 0.348 e. The third kappa shape index (κ3) is 5.33. The Morgan fingerprint density at radius 3 is 2.83 bits per heavy atom. The number of aryl methyl sites for hydroxylation is 1. The van der Waals surface area contributed by atoms with Crippen molar-refractivity contribution in [3.05, 3.63) is 21.4 Å². The standard InChI is InChI=1S/C17H24N2O4S/c1-10(2)8-18-17(22)19-15(20)9-23-16(21)14-7-12-6-11(3)4-5-13(12)24-14/h7,10-11H,4-6,8-9H2,1-3H3,(H2,18,19,20,22)/t11-/m0/s1. The van der Waals surface area contributed by atoms with E-state index in [-0.39, 0.29) is 5.92 Å². The molecule has 6 nitrogen and oxygen atoms in total. The van der Waals surface area contributed by atoms with Gasteiger partial charge in [-0.3, -0.25) is 10.1 Å². The maximum Gasteiger partial charge on any atom is 0.348 e. The van der Waals surface area contributed by atoms with E-state index in [1.54, 1.807) is 0 Å². The Morgan fingerprint density at radius 1 is 1.38 bits per heavy atom. The fraction of sp³-hybridized carbons (Fsp3) is 0.588. The zero-order valence-electron chi connectivity index (χ0n) is 14.3. The number of amides is 3. The summed E-state index contributed by atoms with van der Waals surface area (Å²) in [5.41, 5.74) is 1.21. The number of carbonyl (C=O) groups excluding carboxylic acids is 3. The number of ether oxygens (including phenoxy) is 1. The van der Waals surface area contributed by atoms with Gasteiger partial charge in [-0.1, -0.05) is 20.8 Å². The van der Waals surface area contributed by atoms with E-state index in [4.69, 9.17) is 4.74 Å². The highest BCUT2D eigenvalue weighted by atomic mass is 32.1. The Balaban J connectivity index is 1.78. The molecule has 0 saturated carbocycles. The average Bonchev–Trinajstić information content (AvgIpc) is 2.93. The summed E-state index contributed by atoms with van der Waals surface area (Å²) in [4.78, 5) is 36.9. The summed E-state index contributed by atoms with van der Waals surface area (Å²) < 4.78 is 5.00. The van der Waals surface area contributed by atoms with E-state index in [9.17, 15) is 14.4 Å². The monoisotopic (exact) mass is 352 g/mol. The van der Waals surface area contributed by atoms with Crippen LogP contribution in [0.4, 0.5) is 4.79 Å². The fourth-order valence-electron chi connectivity index (χ4n) is 2.51. The molecule has 1 aromatic heterocycles. The summed E-state index contributed by atoms with van der Waals surface area (Å²) in [7, 11) is 0. The highest BCUT2D eigenvalue weighted by Crippen LogP contribution is 2.32. The molecular weight excluding hydrogens is 328 g/mol. The molecule has 0 fully saturated rings. The van der Waals surface area contributed by atoms with Gasteiger partial charge in [0.05, 0.1) is 0 Å². The number of imide groups is 1. The molecule has 2 rings (SSSR count). The number of rotatable bonds is 5. The summed E-state index contributed by atoms with van der Waals surface area (Å²) in [6.07, 6.45) is 3.11. The third-order valence-electron chi connectivity index (χ3n) is 3.79. The molecule has 0 aliphatic heterocycles. The van der Waals surface area contributed by atoms with Crippen LogP contribution in [0.15, 0.2) is 6.07 Å². The molecule has 1 aliphatic rings. The van der Waals surface area contributed by atoms with Gasteiger partial charge in [-0.25, -0.2) is 9.59 Å². The van der Waals surface area contributed by atoms with Crippen LogP contribution in [0.3, 0.4) is 0 Å². The molecule has 1 heterocycles. The van der Waals surface area contributed by atoms with Gasteiger partial charge in [0.1, 0.15) is 4.88 Å². The second-order valence-electron chi connectivity index (χ2n) is 6.64. The van der Waals surface area contributed by atoms with Crippen LogP contribution in [-0.4, -0.2) is 31.1 Å². The topological polar surface area (TPSA) is 84.5 Å². The fourth-order valence-corrected chi connectivity index (χ4v) is 3.61. The van der Waals surface area contributed by atoms with Crippen molar-refractivity contribution in [2.24, 2.45) is 11.8 Å². The lowest BCUT2D eigenvalue weighted by molar-refractivity contribution is -0.123. The lowest BCUT2D eigenvalue weighted by Gasteiger charge is -2.16. The van der Waals surface area contributed by atoms with Gasteiger partial charge < -0.3 is 10.1 Å². The van der Waals surface area contributed by atoms with Crippen molar-refractivity contribution in [3.63, 3.8) is 0 Å². The number of hydrogen-bond acceptors (Lipinski definition) is 5. The lowest BCUT2D eigenvalue weighted by Crippen LogP contribution is -2.42. The van der Waals surface area contributed by atoms with Crippen LogP contribution in [0, 0.1) is 11.8 Å². The van der Waals surface area contributed by atoms with E-state index >= 15 is 0 Å². The zero-order chi connectivity index (χ0) is 17.7. The molecule has 0 saturated heterocycles. The Hall–Kier alpha value is -1.89. The summed E-state index contributed by atoms with van der Waals surface area (Å²) in [6, 6.07) is 1.29. The van der Waals surface area contributed by atoms with Crippen molar-refractivity contribution < 1.29 is 19.1 Å². The Bertz CT molecular complexity index is 624. The van der Waals surface area contributed by atoms with Gasteiger partial charge >= 0.3 is 12.0 Å². The predicted octanol–water partition coefficient (Wildman–Crippen LogP) is 2.51. The normalized spacial score (nSPS) is 16.4. The molecule has 7 heteroatoms. The Morgan fingerprint density at radius 2 is 2.12 bits per heavy atom. The number of urea groups is 1. The SMILES string of the molecule is CC(C)CNC(=O)NC(=O)COC(=O)c1cc2c(s1)CC[C@H](C)C2. The molecule has 3 amide bonds. The molecule has 1 aliphatic carbocycles. The van der Waals surface area contributed by atoms with Crippen LogP contribution in [-0.2, 0) is 22.4 Å². The molecule has 2 N–H and O–H groups in total. The number of fused-ring (bicyclic) bond motifs is 1. The molecule has 0 bridgehead atoms. The van der Waals surface area contributed by atoms with Gasteiger partial charge in [-0.15, -0.1) is 11.3 Å². The van der Waals surface area contributed by atoms with Crippen LogP contribution < -0.4 is 10.6 Å². The van der Waals surface area contributed by atoms with E-state index in [1.807, 2.05) is 19.9 Å². The predicted molar refractivity (Wildman–Crippen MR) is 92.2 cm³/mol. The molecule has 0 spiro atoms. The maximum atomic E-state index is 12.1. The van der Waals surface area contributed by atoms with Crippen molar-refractivity contribution in [1.29, 1.82) is 0 Å². The van der Waals surface area contributed by atoms with Crippen molar-refractivity contribution >= 4 is 29.2 Å². The number of carbonyl (C=O) groups is 3. The van der Waals surface area contributed by atoms with Crippen molar-refractivity contribution in [3.8, 4) is 0 Å². The first-order valence-electron chi connectivity index (χ1n) is 8.21. The highest BCUT2D eigenvalue weighted by Gasteiger charge is 2.22. The summed E-state index contributed by atoms with van der Waals surface area (Å²) >= 11 is 1.44. The van der Waals surface area contributed by atoms with E-state index in [0.29, 0.717) is 17.3 Å². The van der Waals surface area contributed by atoms with Gasteiger partial charge in [-0.2, -0.15) is 0 Å². The van der Waals surface area contributed by atoms with Crippen LogP contribution >= 0.6 is 11.3 Å². The molecular formula is C17H24N2O4S. The number of esters is 1. The van der Waals surface area contributed by atoms with Crippen LogP contribution in [0.5, 0.6) is 0 Å². The minimum absolute atomic E-state index is 0.288. The molecule has 1 atom stereocenters. The van der Waals surface area contributed by atoms with E-state index in [2.05, 4.69) is 17.6 Å². The van der Waals surface area contributed by atoms with Gasteiger partial charge in [0.2, 0.25) is 0 Å². The second-order valence-corrected chi connectivity index (χ2v) is 7.77. The summed E-state index contributed by atoms with van der Waals surface area (Å²) in [6.45, 7) is 6.11. The van der Waals surface area contributed by atoms with E-state index < -0.39 is 24.5 Å². The number of hydrogen-bond donors (Lipinski definition) is 2. The molecule has 0 unspecified atom stereocenters. The number of nitrogens with one attached hydrogen (secondary N) is 2. The average molecular weight is 352 g/mol. The van der Waals surface area contributed by atoms with Gasteiger partial charge in [-0.05, 0) is 42.7 Å². The first kappa shape index (κ1) is 18.4. The van der Waals surface area contributed by atoms with Gasteiger partial charge in [0.25, 0.3) is 5.91 Å². The van der Waals surface area contributed by atoms with Crippen molar-refractivity contribution in [2.45, 2.75) is 40.0 Å². The van der Waals surface area contributed by atoms with Crippen LogP contribution in [0.25, 0.3) is 0 Å². The highest BCUT2D eigenvalue weighted by molar-refractivity contribution is 7.14. The molecule has 0 radical (unpaired) electrons. The molecule has 0 aromatic carbocycles. The first-order valence-corrected chi connectivity index (χ1v) is 9.03. The summed E-state index contributed by atoms with van der Waals surface area (Å²) in [5, 5.41) is 4.69. The Labute approximate surface area is 146 Å². The maximum absolute atomic E-state index is 12.1. The van der Waals surface area contributed by atoms with Crippen LogP contribution in [0.2, 0.25) is 0 Å². The quantitative estimate of drug-likeness (QED) is 0.798.